The molecule has 1 aliphatic heterocycles. The molecule has 31 heavy (non-hydrogen) atoms. The first-order valence-electron chi connectivity index (χ1n) is 11.0. The number of amides is 2. The summed E-state index contributed by atoms with van der Waals surface area (Å²) in [6, 6.07) is 14.0. The zero-order valence-corrected chi connectivity index (χ0v) is 18.6. The Morgan fingerprint density at radius 1 is 0.903 bits per heavy atom. The highest BCUT2D eigenvalue weighted by Gasteiger charge is 2.49. The summed E-state index contributed by atoms with van der Waals surface area (Å²) in [5.74, 6) is -0.178. The lowest BCUT2D eigenvalue weighted by Crippen LogP contribution is -2.30. The summed E-state index contributed by atoms with van der Waals surface area (Å²) in [6.45, 7) is 8.51. The molecule has 0 bridgehead atoms. The van der Waals surface area contributed by atoms with Crippen LogP contribution < -0.4 is 9.64 Å². The minimum Gasteiger partial charge on any atom is -0.423 e. The summed E-state index contributed by atoms with van der Waals surface area (Å²) in [7, 11) is 0. The van der Waals surface area contributed by atoms with Gasteiger partial charge in [-0.25, -0.2) is 4.79 Å². The molecular formula is C26H29NO4. The van der Waals surface area contributed by atoms with E-state index in [0.717, 1.165) is 24.8 Å². The van der Waals surface area contributed by atoms with E-state index in [1.165, 1.54) is 4.90 Å². The van der Waals surface area contributed by atoms with Crippen molar-refractivity contribution in [3.05, 3.63) is 59.7 Å². The minimum absolute atomic E-state index is 0.0261. The highest BCUT2D eigenvalue weighted by atomic mass is 16.5. The van der Waals surface area contributed by atoms with E-state index in [2.05, 4.69) is 27.7 Å². The fraction of sp³-hybridized carbons (Fsp3) is 0.423. The molecule has 1 aliphatic carbocycles. The molecule has 2 aliphatic rings. The predicted octanol–water partition coefficient (Wildman–Crippen LogP) is 5.13. The molecule has 0 N–H and O–H groups in total. The van der Waals surface area contributed by atoms with E-state index in [1.54, 1.807) is 36.4 Å². The van der Waals surface area contributed by atoms with Crippen molar-refractivity contribution in [1.29, 1.82) is 0 Å². The molecule has 2 fully saturated rings. The summed E-state index contributed by atoms with van der Waals surface area (Å²) in [5.41, 5.74) is 2.07. The molecule has 0 aromatic heterocycles. The van der Waals surface area contributed by atoms with Gasteiger partial charge in [-0.1, -0.05) is 39.8 Å². The van der Waals surface area contributed by atoms with Gasteiger partial charge in [0.15, 0.2) is 0 Å². The van der Waals surface area contributed by atoms with Gasteiger partial charge in [-0.05, 0) is 72.6 Å². The van der Waals surface area contributed by atoms with Crippen molar-refractivity contribution in [3.8, 4) is 5.75 Å². The fourth-order valence-electron chi connectivity index (χ4n) is 4.58. The third-order valence-corrected chi connectivity index (χ3v) is 6.48. The van der Waals surface area contributed by atoms with Gasteiger partial charge < -0.3 is 4.74 Å². The summed E-state index contributed by atoms with van der Waals surface area (Å²) < 4.78 is 5.48. The van der Waals surface area contributed by atoms with Crippen LogP contribution in [0.5, 0.6) is 5.75 Å². The zero-order valence-electron chi connectivity index (χ0n) is 18.6. The van der Waals surface area contributed by atoms with Crippen LogP contribution in [0.25, 0.3) is 0 Å². The Kier molecular flexibility index (Phi) is 5.46. The number of anilines is 1. The van der Waals surface area contributed by atoms with E-state index in [0.29, 0.717) is 22.9 Å². The largest absolute Gasteiger partial charge is 0.423 e. The van der Waals surface area contributed by atoms with Gasteiger partial charge in [-0.3, -0.25) is 14.5 Å². The lowest BCUT2D eigenvalue weighted by atomic mass is 9.76. The van der Waals surface area contributed by atoms with Gasteiger partial charge in [-0.15, -0.1) is 0 Å². The smallest absolute Gasteiger partial charge is 0.343 e. The van der Waals surface area contributed by atoms with Crippen molar-refractivity contribution in [3.63, 3.8) is 0 Å². The summed E-state index contributed by atoms with van der Waals surface area (Å²) >= 11 is 0. The summed E-state index contributed by atoms with van der Waals surface area (Å²) in [4.78, 5) is 39.5. The van der Waals surface area contributed by atoms with Crippen LogP contribution in [-0.4, -0.2) is 17.8 Å². The van der Waals surface area contributed by atoms with E-state index < -0.39 is 5.97 Å². The first-order chi connectivity index (χ1) is 14.6. The molecule has 0 radical (unpaired) electrons. The molecule has 1 saturated carbocycles. The van der Waals surface area contributed by atoms with Crippen LogP contribution >= 0.6 is 0 Å². The van der Waals surface area contributed by atoms with E-state index in [-0.39, 0.29) is 29.1 Å². The molecule has 0 unspecified atom stereocenters. The first kappa shape index (κ1) is 21.3. The Morgan fingerprint density at radius 3 is 2.13 bits per heavy atom. The van der Waals surface area contributed by atoms with Crippen LogP contribution in [0.3, 0.4) is 0 Å². The molecule has 5 nitrogen and oxygen atoms in total. The fourth-order valence-corrected chi connectivity index (χ4v) is 4.58. The van der Waals surface area contributed by atoms with Crippen molar-refractivity contribution in [1.82, 2.24) is 0 Å². The lowest BCUT2D eigenvalue weighted by molar-refractivity contribution is -0.122. The van der Waals surface area contributed by atoms with E-state index in [9.17, 15) is 14.4 Å². The SMILES string of the molecule is C[C@H]1CC[C@H]2C(=O)N(c3ccc(C(=O)Oc4ccc(C(C)(C)C)cc4)cc3)C(=O)[C@@H]2C1. The van der Waals surface area contributed by atoms with Gasteiger partial charge in [0.1, 0.15) is 5.75 Å². The van der Waals surface area contributed by atoms with Crippen molar-refractivity contribution < 1.29 is 19.1 Å². The Morgan fingerprint density at radius 2 is 1.52 bits per heavy atom. The molecule has 2 aromatic carbocycles. The number of hydrogen-bond acceptors (Lipinski definition) is 4. The van der Waals surface area contributed by atoms with Crippen molar-refractivity contribution in [2.45, 2.75) is 52.4 Å². The number of benzene rings is 2. The molecule has 4 rings (SSSR count). The maximum absolute atomic E-state index is 12.9. The number of fused-ring (bicyclic) bond motifs is 1. The number of esters is 1. The second-order valence-corrected chi connectivity index (χ2v) is 9.85. The molecule has 5 heteroatoms. The Labute approximate surface area is 183 Å². The number of carbonyl (C=O) groups is 3. The average Bonchev–Trinajstić information content (AvgIpc) is 2.97. The van der Waals surface area contributed by atoms with Gasteiger partial charge >= 0.3 is 5.97 Å². The van der Waals surface area contributed by atoms with E-state index in [4.69, 9.17) is 4.74 Å². The third-order valence-electron chi connectivity index (χ3n) is 6.48. The molecule has 1 saturated heterocycles. The highest BCUT2D eigenvalue weighted by Crippen LogP contribution is 2.42. The van der Waals surface area contributed by atoms with Crippen molar-refractivity contribution in [2.24, 2.45) is 17.8 Å². The van der Waals surface area contributed by atoms with Gasteiger partial charge in [0.2, 0.25) is 11.8 Å². The molecule has 1 heterocycles. The molecule has 162 valence electrons. The maximum atomic E-state index is 12.9. The predicted molar refractivity (Wildman–Crippen MR) is 119 cm³/mol. The number of rotatable bonds is 3. The quantitative estimate of drug-likeness (QED) is 0.393. The number of hydrogen-bond donors (Lipinski definition) is 0. The monoisotopic (exact) mass is 419 g/mol. The number of imide groups is 1. The van der Waals surface area contributed by atoms with Crippen LogP contribution in [0.2, 0.25) is 0 Å². The van der Waals surface area contributed by atoms with Gasteiger partial charge in [-0.2, -0.15) is 0 Å². The molecule has 0 spiro atoms. The van der Waals surface area contributed by atoms with Crippen LogP contribution in [0.4, 0.5) is 5.69 Å². The third kappa shape index (κ3) is 4.14. The number of nitrogens with zero attached hydrogens (tertiary/aromatic N) is 1. The molecule has 3 atom stereocenters. The first-order valence-corrected chi connectivity index (χ1v) is 11.0. The highest BCUT2D eigenvalue weighted by molar-refractivity contribution is 6.22. The second kappa shape index (κ2) is 7.95. The normalized spacial score (nSPS) is 23.6. The Bertz CT molecular complexity index is 1000. The lowest BCUT2D eigenvalue weighted by Gasteiger charge is -2.25. The van der Waals surface area contributed by atoms with Crippen molar-refractivity contribution in [2.75, 3.05) is 4.90 Å². The number of carbonyl (C=O) groups excluding carboxylic acids is 3. The van der Waals surface area contributed by atoms with Crippen LogP contribution in [-0.2, 0) is 15.0 Å². The number of ether oxygens (including phenoxy) is 1. The van der Waals surface area contributed by atoms with E-state index >= 15 is 0 Å². The van der Waals surface area contributed by atoms with Crippen LogP contribution in [0.1, 0.15) is 62.9 Å². The molecule has 2 aromatic rings. The summed E-state index contributed by atoms with van der Waals surface area (Å²) in [5, 5.41) is 0. The van der Waals surface area contributed by atoms with E-state index in [1.807, 2.05) is 12.1 Å². The van der Waals surface area contributed by atoms with Crippen LogP contribution in [0.15, 0.2) is 48.5 Å². The Balaban J connectivity index is 1.46. The topological polar surface area (TPSA) is 63.7 Å². The summed E-state index contributed by atoms with van der Waals surface area (Å²) in [6.07, 6.45) is 2.52. The van der Waals surface area contributed by atoms with Gasteiger partial charge in [0, 0.05) is 0 Å². The molecule has 2 amide bonds. The minimum atomic E-state index is -0.475. The second-order valence-electron chi connectivity index (χ2n) is 9.85. The Hall–Kier alpha value is -2.95. The van der Waals surface area contributed by atoms with Crippen molar-refractivity contribution >= 4 is 23.5 Å². The maximum Gasteiger partial charge on any atom is 0.343 e. The zero-order chi connectivity index (χ0) is 22.3. The van der Waals surface area contributed by atoms with Gasteiger partial charge in [0.25, 0.3) is 0 Å². The standard InChI is InChI=1S/C26H29NO4/c1-16-5-14-21-22(15-16)24(29)27(23(21)28)19-10-6-17(7-11-19)25(30)31-20-12-8-18(9-13-20)26(2,3)4/h6-13,16,21-22H,5,14-15H2,1-4H3/t16-,21+,22+/m0/s1. The molecular weight excluding hydrogens is 390 g/mol. The van der Waals surface area contributed by atoms with Crippen LogP contribution in [0, 0.1) is 17.8 Å². The van der Waals surface area contributed by atoms with Gasteiger partial charge in [0.05, 0.1) is 23.1 Å². The average molecular weight is 420 g/mol.